The van der Waals surface area contributed by atoms with E-state index in [9.17, 15) is 4.79 Å². The monoisotopic (exact) mass is 238 g/mol. The minimum Gasteiger partial charge on any atom is -0.451 e. The average molecular weight is 239 g/mol. The molecule has 0 unspecified atom stereocenters. The van der Waals surface area contributed by atoms with Gasteiger partial charge in [-0.1, -0.05) is 0 Å². The molecule has 0 amide bonds. The molecule has 0 aliphatic carbocycles. The lowest BCUT2D eigenvalue weighted by atomic mass is 10.5. The molecular weight excluding hydrogens is 235 g/mol. The number of halogens is 2. The van der Waals surface area contributed by atoms with Gasteiger partial charge in [-0.15, -0.1) is 0 Å². The zero-order chi connectivity index (χ0) is 8.27. The number of furan rings is 1. The molecule has 0 N–H and O–H groups in total. The van der Waals surface area contributed by atoms with Crippen LogP contribution in [0.25, 0.3) is 0 Å². The maximum Gasteiger partial charge on any atom is 0.404 e. The van der Waals surface area contributed by atoms with E-state index in [2.05, 4.69) is 20.7 Å². The standard InChI is InChI=1S/C6H4BrClO3/c7-5-2-1-4(11-5)3-10-6(8)9/h1-2H,3H2. The summed E-state index contributed by atoms with van der Waals surface area (Å²) in [5.41, 5.74) is -0.836. The van der Waals surface area contributed by atoms with E-state index < -0.39 is 5.43 Å². The third-order valence-corrected chi connectivity index (χ3v) is 1.49. The zero-order valence-electron chi connectivity index (χ0n) is 5.34. The van der Waals surface area contributed by atoms with E-state index in [1.807, 2.05) is 0 Å². The zero-order valence-corrected chi connectivity index (χ0v) is 7.68. The maximum absolute atomic E-state index is 10.1. The van der Waals surface area contributed by atoms with Crippen LogP contribution in [-0.2, 0) is 11.3 Å². The molecule has 5 heteroatoms. The Bertz CT molecular complexity index is 258. The summed E-state index contributed by atoms with van der Waals surface area (Å²) in [6.45, 7) is 0.0634. The van der Waals surface area contributed by atoms with Crippen molar-refractivity contribution in [1.29, 1.82) is 0 Å². The lowest BCUT2D eigenvalue weighted by Gasteiger charge is -1.94. The quantitative estimate of drug-likeness (QED) is 0.745. The average Bonchev–Trinajstić information content (AvgIpc) is 2.31. The summed E-state index contributed by atoms with van der Waals surface area (Å²) in [6, 6.07) is 3.39. The first-order chi connectivity index (χ1) is 5.18. The minimum absolute atomic E-state index is 0.0634. The highest BCUT2D eigenvalue weighted by molar-refractivity contribution is 9.10. The van der Waals surface area contributed by atoms with E-state index >= 15 is 0 Å². The number of rotatable bonds is 2. The summed E-state index contributed by atoms with van der Waals surface area (Å²) in [5.74, 6) is 0.547. The Labute approximate surface area is 76.4 Å². The first kappa shape index (κ1) is 8.62. The molecule has 0 atom stereocenters. The minimum atomic E-state index is -0.836. The predicted molar refractivity (Wildman–Crippen MR) is 42.4 cm³/mol. The summed E-state index contributed by atoms with van der Waals surface area (Å²) in [7, 11) is 0. The van der Waals surface area contributed by atoms with Crippen molar-refractivity contribution in [2.24, 2.45) is 0 Å². The first-order valence-electron chi connectivity index (χ1n) is 2.75. The van der Waals surface area contributed by atoms with Crippen molar-refractivity contribution in [3.8, 4) is 0 Å². The van der Waals surface area contributed by atoms with E-state index in [-0.39, 0.29) is 6.61 Å². The topological polar surface area (TPSA) is 39.4 Å². The number of ether oxygens (including phenoxy) is 1. The second-order valence-electron chi connectivity index (χ2n) is 1.73. The summed E-state index contributed by atoms with van der Waals surface area (Å²) in [6.07, 6.45) is 0. The van der Waals surface area contributed by atoms with Crippen LogP contribution in [-0.4, -0.2) is 5.43 Å². The van der Waals surface area contributed by atoms with E-state index in [0.29, 0.717) is 10.4 Å². The highest BCUT2D eigenvalue weighted by Gasteiger charge is 2.01. The Morgan fingerprint density at radius 1 is 1.73 bits per heavy atom. The van der Waals surface area contributed by atoms with Crippen molar-refractivity contribution in [2.75, 3.05) is 0 Å². The Kier molecular flexibility index (Phi) is 2.96. The SMILES string of the molecule is O=C(Cl)OCc1ccc(Br)o1. The van der Waals surface area contributed by atoms with Crippen molar-refractivity contribution in [3.63, 3.8) is 0 Å². The Morgan fingerprint density at radius 2 is 2.45 bits per heavy atom. The van der Waals surface area contributed by atoms with Gasteiger partial charge in [0.15, 0.2) is 11.3 Å². The van der Waals surface area contributed by atoms with Crippen LogP contribution in [0.1, 0.15) is 5.76 Å². The molecule has 0 saturated heterocycles. The second-order valence-corrected chi connectivity index (χ2v) is 2.82. The van der Waals surface area contributed by atoms with Crippen LogP contribution in [0, 0.1) is 0 Å². The van der Waals surface area contributed by atoms with Gasteiger partial charge < -0.3 is 9.15 Å². The molecule has 11 heavy (non-hydrogen) atoms. The van der Waals surface area contributed by atoms with Crippen molar-refractivity contribution in [2.45, 2.75) is 6.61 Å². The number of carbonyl (C=O) groups excluding carboxylic acids is 1. The van der Waals surface area contributed by atoms with Crippen LogP contribution in [0.4, 0.5) is 4.79 Å². The molecule has 0 fully saturated rings. The van der Waals surface area contributed by atoms with E-state index in [0.717, 1.165) is 0 Å². The fourth-order valence-corrected chi connectivity index (χ4v) is 0.952. The predicted octanol–water partition coefficient (Wildman–Crippen LogP) is 2.92. The van der Waals surface area contributed by atoms with Gasteiger partial charge in [-0.05, 0) is 28.1 Å². The van der Waals surface area contributed by atoms with Crippen LogP contribution in [0.2, 0.25) is 0 Å². The van der Waals surface area contributed by atoms with Crippen molar-refractivity contribution < 1.29 is 13.9 Å². The smallest absolute Gasteiger partial charge is 0.404 e. The van der Waals surface area contributed by atoms with E-state index in [4.69, 9.17) is 16.0 Å². The van der Waals surface area contributed by atoms with Crippen LogP contribution < -0.4 is 0 Å². The second kappa shape index (κ2) is 3.78. The highest BCUT2D eigenvalue weighted by atomic mass is 79.9. The largest absolute Gasteiger partial charge is 0.451 e. The molecule has 0 bridgehead atoms. The molecule has 0 aromatic carbocycles. The summed E-state index contributed by atoms with van der Waals surface area (Å²) >= 11 is 8.02. The molecule has 0 saturated carbocycles. The van der Waals surface area contributed by atoms with Crippen molar-refractivity contribution in [3.05, 3.63) is 22.6 Å². The van der Waals surface area contributed by atoms with Gasteiger partial charge in [0.2, 0.25) is 0 Å². The van der Waals surface area contributed by atoms with Crippen LogP contribution in [0.5, 0.6) is 0 Å². The Morgan fingerprint density at radius 3 is 2.91 bits per heavy atom. The fraction of sp³-hybridized carbons (Fsp3) is 0.167. The summed E-state index contributed by atoms with van der Waals surface area (Å²) < 4.78 is 10.1. The Hall–Kier alpha value is -0.480. The lowest BCUT2D eigenvalue weighted by molar-refractivity contribution is 0.157. The van der Waals surface area contributed by atoms with Gasteiger partial charge in [0.05, 0.1) is 0 Å². The van der Waals surface area contributed by atoms with Gasteiger partial charge in [0, 0.05) is 11.6 Å². The Balaban J connectivity index is 2.45. The molecule has 60 valence electrons. The van der Waals surface area contributed by atoms with Crippen molar-refractivity contribution in [1.82, 2.24) is 0 Å². The first-order valence-corrected chi connectivity index (χ1v) is 3.92. The molecule has 0 radical (unpaired) electrons. The van der Waals surface area contributed by atoms with Gasteiger partial charge >= 0.3 is 5.43 Å². The third-order valence-electron chi connectivity index (χ3n) is 0.957. The molecular formula is C6H4BrClO3. The van der Waals surface area contributed by atoms with Crippen LogP contribution >= 0.6 is 27.5 Å². The highest BCUT2D eigenvalue weighted by Crippen LogP contribution is 2.14. The molecule has 1 aromatic rings. The van der Waals surface area contributed by atoms with Gasteiger partial charge in [-0.25, -0.2) is 4.79 Å². The lowest BCUT2D eigenvalue weighted by Crippen LogP contribution is -1.92. The maximum atomic E-state index is 10.1. The molecule has 1 aromatic heterocycles. The van der Waals surface area contributed by atoms with E-state index in [1.165, 1.54) is 0 Å². The van der Waals surface area contributed by atoms with Crippen LogP contribution in [0.15, 0.2) is 21.2 Å². The normalized spacial score (nSPS) is 9.64. The summed E-state index contributed by atoms with van der Waals surface area (Å²) in [5, 5.41) is 0. The van der Waals surface area contributed by atoms with Gasteiger partial charge in [-0.3, -0.25) is 0 Å². The van der Waals surface area contributed by atoms with Gasteiger partial charge in [0.1, 0.15) is 5.76 Å². The number of hydrogen-bond acceptors (Lipinski definition) is 3. The molecule has 1 rings (SSSR count). The van der Waals surface area contributed by atoms with Crippen LogP contribution in [0.3, 0.4) is 0 Å². The fourth-order valence-electron chi connectivity index (χ4n) is 0.557. The summed E-state index contributed by atoms with van der Waals surface area (Å²) in [4.78, 5) is 10.1. The molecule has 0 aliphatic rings. The van der Waals surface area contributed by atoms with Crippen molar-refractivity contribution >= 4 is 33.0 Å². The number of carbonyl (C=O) groups is 1. The third kappa shape index (κ3) is 2.95. The number of hydrogen-bond donors (Lipinski definition) is 0. The molecule has 1 heterocycles. The molecule has 0 aliphatic heterocycles. The molecule has 0 spiro atoms. The van der Waals surface area contributed by atoms with Gasteiger partial charge in [0.25, 0.3) is 0 Å². The van der Waals surface area contributed by atoms with E-state index in [1.54, 1.807) is 12.1 Å². The van der Waals surface area contributed by atoms with Gasteiger partial charge in [-0.2, -0.15) is 0 Å². The molecule has 3 nitrogen and oxygen atoms in total.